The van der Waals surface area contributed by atoms with Gasteiger partial charge in [0.25, 0.3) is 0 Å². The molecular formula is C11H11F2N3O4. The zero-order valence-electron chi connectivity index (χ0n) is 10.3. The Balaban J connectivity index is 2.11. The van der Waals surface area contributed by atoms with E-state index in [0.717, 1.165) is 0 Å². The van der Waals surface area contributed by atoms with E-state index in [1.807, 2.05) is 0 Å². The highest BCUT2D eigenvalue weighted by Gasteiger charge is 2.43. The number of carbonyl (C=O) groups is 1. The summed E-state index contributed by atoms with van der Waals surface area (Å²) in [6, 6.07) is 3.79. The van der Waals surface area contributed by atoms with Crippen molar-refractivity contribution < 1.29 is 28.3 Å². The number of anilines is 1. The third-order valence-corrected chi connectivity index (χ3v) is 2.62. The number of ether oxygens (including phenoxy) is 2. The Morgan fingerprint density at radius 3 is 2.75 bits per heavy atom. The lowest BCUT2D eigenvalue weighted by molar-refractivity contribution is -0.286. The number of oxime groups is 1. The zero-order valence-corrected chi connectivity index (χ0v) is 10.3. The van der Waals surface area contributed by atoms with Crippen LogP contribution in [0, 0.1) is 5.92 Å². The van der Waals surface area contributed by atoms with Gasteiger partial charge in [0.1, 0.15) is 0 Å². The number of fused-ring (bicyclic) bond motifs is 1. The first kappa shape index (κ1) is 13.8. The lowest BCUT2D eigenvalue weighted by atomic mass is 10.1. The van der Waals surface area contributed by atoms with E-state index in [9.17, 15) is 13.6 Å². The summed E-state index contributed by atoms with van der Waals surface area (Å²) in [7, 11) is 0. The molecule has 1 aliphatic rings. The Morgan fingerprint density at radius 2 is 2.10 bits per heavy atom. The largest absolute Gasteiger partial charge is 0.586 e. The van der Waals surface area contributed by atoms with Crippen molar-refractivity contribution in [2.24, 2.45) is 16.8 Å². The van der Waals surface area contributed by atoms with Crippen LogP contribution in [0.5, 0.6) is 11.5 Å². The fourth-order valence-corrected chi connectivity index (χ4v) is 1.50. The second-order valence-electron chi connectivity index (χ2n) is 4.06. The van der Waals surface area contributed by atoms with Gasteiger partial charge >= 0.3 is 6.29 Å². The van der Waals surface area contributed by atoms with Crippen LogP contribution in [0.25, 0.3) is 0 Å². The fraction of sp³-hybridized carbons (Fsp3) is 0.273. The molecule has 1 aromatic carbocycles. The molecule has 0 aliphatic carbocycles. The molecule has 9 heteroatoms. The number of benzene rings is 1. The summed E-state index contributed by atoms with van der Waals surface area (Å²) in [4.78, 5) is 11.7. The number of amides is 1. The lowest BCUT2D eigenvalue weighted by Gasteiger charge is -2.10. The Morgan fingerprint density at radius 1 is 1.45 bits per heavy atom. The average Bonchev–Trinajstić information content (AvgIpc) is 2.69. The maximum absolute atomic E-state index is 12.8. The average molecular weight is 287 g/mol. The number of nitrogens with two attached hydrogens (primary N) is 1. The zero-order chi connectivity index (χ0) is 14.9. The molecule has 1 atom stereocenters. The molecule has 0 aromatic heterocycles. The van der Waals surface area contributed by atoms with Gasteiger partial charge in [0.15, 0.2) is 17.3 Å². The third-order valence-electron chi connectivity index (χ3n) is 2.62. The van der Waals surface area contributed by atoms with Crippen molar-refractivity contribution in [1.29, 1.82) is 0 Å². The van der Waals surface area contributed by atoms with Crippen LogP contribution < -0.4 is 20.5 Å². The molecule has 1 unspecified atom stereocenters. The van der Waals surface area contributed by atoms with Crippen LogP contribution in [-0.4, -0.2) is 23.2 Å². The van der Waals surface area contributed by atoms with Crippen LogP contribution in [0.3, 0.4) is 0 Å². The highest BCUT2D eigenvalue weighted by molar-refractivity contribution is 6.07. The van der Waals surface area contributed by atoms with Gasteiger partial charge in [0.05, 0.1) is 5.92 Å². The molecule has 0 spiro atoms. The molecule has 7 nitrogen and oxygen atoms in total. The summed E-state index contributed by atoms with van der Waals surface area (Å²) in [6.45, 7) is 1.42. The minimum absolute atomic E-state index is 0.127. The van der Waals surface area contributed by atoms with Gasteiger partial charge in [-0.1, -0.05) is 5.16 Å². The molecule has 0 radical (unpaired) electrons. The minimum atomic E-state index is -3.72. The monoisotopic (exact) mass is 287 g/mol. The van der Waals surface area contributed by atoms with Crippen molar-refractivity contribution in [1.82, 2.24) is 0 Å². The first-order valence-corrected chi connectivity index (χ1v) is 5.50. The van der Waals surface area contributed by atoms with Crippen molar-refractivity contribution in [2.75, 3.05) is 5.32 Å². The molecule has 1 amide bonds. The number of hydrogen-bond acceptors (Lipinski definition) is 5. The van der Waals surface area contributed by atoms with Crippen LogP contribution in [0.15, 0.2) is 23.4 Å². The molecule has 2 rings (SSSR count). The summed E-state index contributed by atoms with van der Waals surface area (Å²) in [5.41, 5.74) is 5.51. The quantitative estimate of drug-likeness (QED) is 0.336. The van der Waals surface area contributed by atoms with Crippen LogP contribution in [0.1, 0.15) is 6.92 Å². The van der Waals surface area contributed by atoms with Gasteiger partial charge in [0, 0.05) is 11.8 Å². The van der Waals surface area contributed by atoms with Crippen LogP contribution in [0.2, 0.25) is 0 Å². The minimum Gasteiger partial charge on any atom is -0.409 e. The van der Waals surface area contributed by atoms with E-state index in [4.69, 9.17) is 10.9 Å². The first-order chi connectivity index (χ1) is 9.32. The predicted molar refractivity (Wildman–Crippen MR) is 63.8 cm³/mol. The first-order valence-electron chi connectivity index (χ1n) is 5.50. The standard InChI is InChI=1S/C11H11F2N3O4/c1-5(9(14)16-18)10(17)15-6-2-3-7-8(4-6)20-11(12,13)19-7/h2-5,18H,1H3,(H2,14,16)(H,15,17). The van der Waals surface area contributed by atoms with Crippen molar-refractivity contribution in [3.63, 3.8) is 0 Å². The smallest absolute Gasteiger partial charge is 0.409 e. The predicted octanol–water partition coefficient (Wildman–Crippen LogP) is 1.33. The summed E-state index contributed by atoms with van der Waals surface area (Å²) >= 11 is 0. The number of alkyl halides is 2. The molecule has 0 saturated carbocycles. The van der Waals surface area contributed by atoms with Crippen molar-refractivity contribution in [3.05, 3.63) is 18.2 Å². The van der Waals surface area contributed by atoms with Gasteiger partial charge in [-0.2, -0.15) is 0 Å². The number of carbonyl (C=O) groups excluding carboxylic acids is 1. The number of hydrogen-bond donors (Lipinski definition) is 3. The number of amidine groups is 1. The highest BCUT2D eigenvalue weighted by Crippen LogP contribution is 2.42. The van der Waals surface area contributed by atoms with E-state index in [0.29, 0.717) is 0 Å². The normalized spacial score (nSPS) is 17.6. The van der Waals surface area contributed by atoms with Gasteiger partial charge < -0.3 is 25.7 Å². The number of halogens is 2. The van der Waals surface area contributed by atoms with Gasteiger partial charge in [-0.3, -0.25) is 4.79 Å². The van der Waals surface area contributed by atoms with E-state index in [-0.39, 0.29) is 23.0 Å². The number of nitrogens with one attached hydrogen (secondary N) is 1. The Bertz CT molecular complexity index is 577. The molecule has 0 saturated heterocycles. The molecule has 0 fully saturated rings. The Labute approximate surface area is 112 Å². The molecule has 1 heterocycles. The Hall–Kier alpha value is -2.58. The van der Waals surface area contributed by atoms with E-state index < -0.39 is 18.1 Å². The van der Waals surface area contributed by atoms with Gasteiger partial charge in [-0.15, -0.1) is 8.78 Å². The second kappa shape index (κ2) is 4.83. The van der Waals surface area contributed by atoms with Crippen LogP contribution in [0.4, 0.5) is 14.5 Å². The van der Waals surface area contributed by atoms with E-state index in [2.05, 4.69) is 19.9 Å². The third kappa shape index (κ3) is 2.71. The fourth-order valence-electron chi connectivity index (χ4n) is 1.50. The lowest BCUT2D eigenvalue weighted by Crippen LogP contribution is -2.32. The molecular weight excluding hydrogens is 276 g/mol. The van der Waals surface area contributed by atoms with Crippen molar-refractivity contribution >= 4 is 17.4 Å². The topological polar surface area (TPSA) is 106 Å². The van der Waals surface area contributed by atoms with Crippen LogP contribution in [-0.2, 0) is 4.79 Å². The summed E-state index contributed by atoms with van der Waals surface area (Å²) < 4.78 is 34.1. The van der Waals surface area contributed by atoms with E-state index >= 15 is 0 Å². The summed E-state index contributed by atoms with van der Waals surface area (Å²) in [6.07, 6.45) is -3.72. The molecule has 0 bridgehead atoms. The van der Waals surface area contributed by atoms with Crippen LogP contribution >= 0.6 is 0 Å². The molecule has 1 aliphatic heterocycles. The number of rotatable bonds is 3. The van der Waals surface area contributed by atoms with Crippen molar-refractivity contribution in [2.45, 2.75) is 13.2 Å². The maximum atomic E-state index is 12.8. The number of nitrogens with zero attached hydrogens (tertiary/aromatic N) is 1. The Kier molecular flexibility index (Phi) is 3.35. The molecule has 1 aromatic rings. The summed E-state index contributed by atoms with van der Waals surface area (Å²) in [5, 5.41) is 13.6. The summed E-state index contributed by atoms with van der Waals surface area (Å²) in [5.74, 6) is -2.03. The van der Waals surface area contributed by atoms with E-state index in [1.54, 1.807) is 0 Å². The highest BCUT2D eigenvalue weighted by atomic mass is 19.3. The second-order valence-corrected chi connectivity index (χ2v) is 4.06. The SMILES string of the molecule is CC(C(=O)Nc1ccc2c(c1)OC(F)(F)O2)C(N)=NO. The maximum Gasteiger partial charge on any atom is 0.586 e. The van der Waals surface area contributed by atoms with Gasteiger partial charge in [-0.05, 0) is 19.1 Å². The van der Waals surface area contributed by atoms with Gasteiger partial charge in [0.2, 0.25) is 5.91 Å². The van der Waals surface area contributed by atoms with Crippen molar-refractivity contribution in [3.8, 4) is 11.5 Å². The van der Waals surface area contributed by atoms with E-state index in [1.165, 1.54) is 25.1 Å². The van der Waals surface area contributed by atoms with Gasteiger partial charge in [-0.25, -0.2) is 0 Å². The molecule has 4 N–H and O–H groups in total. The molecule has 20 heavy (non-hydrogen) atoms. The molecule has 108 valence electrons.